The molecule has 0 radical (unpaired) electrons. The Morgan fingerprint density at radius 3 is 2.34 bits per heavy atom. The number of nitrogens with one attached hydrogen (secondary N) is 1. The van der Waals surface area contributed by atoms with Crippen molar-refractivity contribution in [1.29, 1.82) is 0 Å². The summed E-state index contributed by atoms with van der Waals surface area (Å²) in [5.41, 5.74) is 5.86. The number of hydrazine groups is 1. The molecular weight excluding hydrogens is 506 g/mol. The number of nitrogens with zero attached hydrogens (tertiary/aromatic N) is 2. The zero-order chi connectivity index (χ0) is 22.3. The highest BCUT2D eigenvalue weighted by Crippen LogP contribution is 2.48. The molecule has 32 heavy (non-hydrogen) atoms. The lowest BCUT2D eigenvalue weighted by Gasteiger charge is -2.36. The van der Waals surface area contributed by atoms with Crippen molar-refractivity contribution in [2.45, 2.75) is 21.6 Å². The van der Waals surface area contributed by atoms with Gasteiger partial charge in [-0.2, -0.15) is 0 Å². The van der Waals surface area contributed by atoms with Gasteiger partial charge >= 0.3 is 0 Å². The Morgan fingerprint density at radius 2 is 1.69 bits per heavy atom. The van der Waals surface area contributed by atoms with Crippen LogP contribution in [-0.2, 0) is 14.5 Å². The number of hydrogen-bond acceptors (Lipinski definition) is 5. The molecule has 1 atom stereocenters. The fraction of sp³-hybridized carbons (Fsp3) is 0.167. The summed E-state index contributed by atoms with van der Waals surface area (Å²) in [6, 6.07) is 23.7. The molecule has 3 aromatic carbocycles. The summed E-state index contributed by atoms with van der Waals surface area (Å²) in [7, 11) is 0. The smallest absolute Gasteiger partial charge is 0.248 e. The van der Waals surface area contributed by atoms with Crippen LogP contribution in [0.3, 0.4) is 0 Å². The standard InChI is InChI=1S/C24H20BrN3O2S2/c1-24(16-7-6-8-17(25)13-16)28(23(30)15-31-24)26-14-22(29)27-18-9-2-4-11-20(18)32-21-12-5-3-10-19(21)27/h2-13,26H,14-15H2,1H3. The molecule has 3 aromatic rings. The number of carbonyl (C=O) groups is 2. The fourth-order valence-electron chi connectivity index (χ4n) is 4.00. The highest BCUT2D eigenvalue weighted by Gasteiger charge is 2.44. The predicted molar refractivity (Wildman–Crippen MR) is 133 cm³/mol. The molecule has 0 aromatic heterocycles. The fourth-order valence-corrected chi connectivity index (χ4v) is 6.58. The predicted octanol–water partition coefficient (Wildman–Crippen LogP) is 5.53. The molecule has 1 N–H and O–H groups in total. The Labute approximate surface area is 203 Å². The van der Waals surface area contributed by atoms with Crippen LogP contribution in [0.25, 0.3) is 0 Å². The van der Waals surface area contributed by atoms with Gasteiger partial charge in [-0.25, -0.2) is 5.43 Å². The van der Waals surface area contributed by atoms with Crippen LogP contribution in [0.2, 0.25) is 0 Å². The Bertz CT molecular complexity index is 1180. The van der Waals surface area contributed by atoms with Crippen molar-refractivity contribution in [2.75, 3.05) is 17.2 Å². The van der Waals surface area contributed by atoms with Crippen LogP contribution in [-0.4, -0.2) is 29.1 Å². The van der Waals surface area contributed by atoms with Gasteiger partial charge in [-0.05, 0) is 48.9 Å². The minimum Gasteiger partial charge on any atom is -0.278 e. The number of thioether (sulfide) groups is 1. The van der Waals surface area contributed by atoms with Gasteiger partial charge in [0.1, 0.15) is 4.87 Å². The number of amides is 2. The molecule has 0 aliphatic carbocycles. The number of anilines is 2. The lowest BCUT2D eigenvalue weighted by Crippen LogP contribution is -2.52. The second kappa shape index (κ2) is 8.59. The average Bonchev–Trinajstić information content (AvgIpc) is 3.10. The van der Waals surface area contributed by atoms with E-state index in [0.717, 1.165) is 31.2 Å². The molecule has 0 saturated carbocycles. The molecule has 2 aliphatic rings. The number of para-hydroxylation sites is 2. The molecule has 2 heterocycles. The second-order valence-corrected chi connectivity index (χ2v) is 11.0. The molecule has 8 heteroatoms. The normalized spacial score (nSPS) is 19.6. The van der Waals surface area contributed by atoms with E-state index < -0.39 is 4.87 Å². The summed E-state index contributed by atoms with van der Waals surface area (Å²) in [5, 5.41) is 1.61. The van der Waals surface area contributed by atoms with Crippen molar-refractivity contribution in [3.63, 3.8) is 0 Å². The Morgan fingerprint density at radius 1 is 1.03 bits per heavy atom. The largest absolute Gasteiger partial charge is 0.278 e. The summed E-state index contributed by atoms with van der Waals surface area (Å²) in [6.07, 6.45) is 0. The number of rotatable bonds is 4. The molecule has 1 saturated heterocycles. The van der Waals surface area contributed by atoms with E-state index in [9.17, 15) is 9.59 Å². The first kappa shape index (κ1) is 21.6. The van der Waals surface area contributed by atoms with Crippen molar-refractivity contribution >= 4 is 62.6 Å². The van der Waals surface area contributed by atoms with Crippen LogP contribution in [0.1, 0.15) is 12.5 Å². The second-order valence-electron chi connectivity index (χ2n) is 7.61. The molecule has 1 unspecified atom stereocenters. The van der Waals surface area contributed by atoms with Crippen molar-refractivity contribution < 1.29 is 9.59 Å². The van der Waals surface area contributed by atoms with E-state index in [1.165, 1.54) is 0 Å². The Hall–Kier alpha value is -2.26. The van der Waals surface area contributed by atoms with Crippen LogP contribution >= 0.6 is 39.5 Å². The molecule has 0 spiro atoms. The molecule has 0 bridgehead atoms. The van der Waals surface area contributed by atoms with Gasteiger partial charge in [0.15, 0.2) is 0 Å². The zero-order valence-electron chi connectivity index (χ0n) is 17.2. The van der Waals surface area contributed by atoms with E-state index in [1.807, 2.05) is 79.7 Å². The summed E-state index contributed by atoms with van der Waals surface area (Å²) >= 11 is 6.73. The Kier molecular flexibility index (Phi) is 5.79. The third kappa shape index (κ3) is 3.75. The van der Waals surface area contributed by atoms with Crippen LogP contribution in [0.5, 0.6) is 0 Å². The van der Waals surface area contributed by atoms with Crippen molar-refractivity contribution in [2.24, 2.45) is 0 Å². The monoisotopic (exact) mass is 525 g/mol. The lowest BCUT2D eigenvalue weighted by molar-refractivity contribution is -0.134. The first-order chi connectivity index (χ1) is 15.5. The third-order valence-corrected chi connectivity index (χ3v) is 8.58. The van der Waals surface area contributed by atoms with Gasteiger partial charge in [-0.15, -0.1) is 11.8 Å². The van der Waals surface area contributed by atoms with E-state index >= 15 is 0 Å². The van der Waals surface area contributed by atoms with Crippen LogP contribution < -0.4 is 10.3 Å². The quantitative estimate of drug-likeness (QED) is 0.485. The van der Waals surface area contributed by atoms with Gasteiger partial charge in [-0.3, -0.25) is 19.5 Å². The van der Waals surface area contributed by atoms with E-state index in [-0.39, 0.29) is 18.4 Å². The number of halogens is 1. The number of fused-ring (bicyclic) bond motifs is 2. The summed E-state index contributed by atoms with van der Waals surface area (Å²) in [5.74, 6) is 0.197. The topological polar surface area (TPSA) is 52.7 Å². The molecule has 2 aliphatic heterocycles. The van der Waals surface area contributed by atoms with E-state index in [0.29, 0.717) is 5.75 Å². The van der Waals surface area contributed by atoms with Gasteiger partial charge in [0.05, 0.1) is 23.7 Å². The van der Waals surface area contributed by atoms with E-state index in [4.69, 9.17) is 0 Å². The van der Waals surface area contributed by atoms with Crippen molar-refractivity contribution in [3.05, 3.63) is 82.8 Å². The van der Waals surface area contributed by atoms with E-state index in [2.05, 4.69) is 21.4 Å². The number of hydrogen-bond donors (Lipinski definition) is 1. The first-order valence-corrected chi connectivity index (χ1v) is 12.7. The van der Waals surface area contributed by atoms with Crippen LogP contribution in [0.15, 0.2) is 87.1 Å². The molecule has 5 rings (SSSR count). The summed E-state index contributed by atoms with van der Waals surface area (Å²) in [6.45, 7) is 2.01. The number of carbonyl (C=O) groups excluding carboxylic acids is 2. The molecule has 1 fully saturated rings. The van der Waals surface area contributed by atoms with Gasteiger partial charge < -0.3 is 0 Å². The van der Waals surface area contributed by atoms with Crippen LogP contribution in [0, 0.1) is 0 Å². The zero-order valence-corrected chi connectivity index (χ0v) is 20.5. The average molecular weight is 526 g/mol. The summed E-state index contributed by atoms with van der Waals surface area (Å²) < 4.78 is 0.950. The number of benzene rings is 3. The maximum Gasteiger partial charge on any atom is 0.248 e. The third-order valence-electron chi connectivity index (χ3n) is 5.58. The van der Waals surface area contributed by atoms with E-state index in [1.54, 1.807) is 33.4 Å². The first-order valence-electron chi connectivity index (χ1n) is 10.1. The molecular formula is C24H20BrN3O2S2. The Balaban J connectivity index is 1.42. The highest BCUT2D eigenvalue weighted by molar-refractivity contribution is 9.10. The van der Waals surface area contributed by atoms with Crippen LogP contribution in [0.4, 0.5) is 11.4 Å². The molecule has 162 valence electrons. The van der Waals surface area contributed by atoms with Gasteiger partial charge in [0, 0.05) is 14.3 Å². The maximum atomic E-state index is 13.5. The SMILES string of the molecule is CC1(c2cccc(Br)c2)SCC(=O)N1NCC(=O)N1c2ccccc2Sc2ccccc21. The molecule has 5 nitrogen and oxygen atoms in total. The minimum absolute atomic E-state index is 0.00320. The highest BCUT2D eigenvalue weighted by atomic mass is 79.9. The van der Waals surface area contributed by atoms with Gasteiger partial charge in [0.2, 0.25) is 11.8 Å². The lowest BCUT2D eigenvalue weighted by atomic mass is 10.1. The van der Waals surface area contributed by atoms with Gasteiger partial charge in [-0.1, -0.05) is 64.1 Å². The molecule has 2 amide bonds. The maximum absolute atomic E-state index is 13.5. The minimum atomic E-state index is -0.602. The van der Waals surface area contributed by atoms with Gasteiger partial charge in [0.25, 0.3) is 0 Å². The van der Waals surface area contributed by atoms with Crippen molar-refractivity contribution in [1.82, 2.24) is 10.4 Å². The van der Waals surface area contributed by atoms with Crippen molar-refractivity contribution in [3.8, 4) is 0 Å². The summed E-state index contributed by atoms with van der Waals surface area (Å²) in [4.78, 5) is 29.4.